The first-order chi connectivity index (χ1) is 34.5. The monoisotopic (exact) mass is 983 g/mol. The van der Waals surface area contributed by atoms with E-state index in [9.17, 15) is 14.4 Å². The highest BCUT2D eigenvalue weighted by Crippen LogP contribution is 2.18. The van der Waals surface area contributed by atoms with Crippen LogP contribution >= 0.6 is 0 Å². The van der Waals surface area contributed by atoms with Crippen LogP contribution in [-0.4, -0.2) is 37.2 Å². The van der Waals surface area contributed by atoms with Gasteiger partial charge >= 0.3 is 17.9 Å². The van der Waals surface area contributed by atoms with Crippen molar-refractivity contribution in [2.75, 3.05) is 13.2 Å². The predicted molar refractivity (Wildman–Crippen MR) is 302 cm³/mol. The lowest BCUT2D eigenvalue weighted by atomic mass is 10.0. The fourth-order valence-electron chi connectivity index (χ4n) is 9.28. The van der Waals surface area contributed by atoms with E-state index in [4.69, 9.17) is 14.2 Å². The Hall–Kier alpha value is -2.37. The predicted octanol–water partition coefficient (Wildman–Crippen LogP) is 20.8. The maximum absolute atomic E-state index is 12.8. The van der Waals surface area contributed by atoms with Crippen LogP contribution in [0.4, 0.5) is 0 Å². The molecule has 0 amide bonds. The molecule has 0 aromatic carbocycles. The van der Waals surface area contributed by atoms with E-state index in [0.717, 1.165) is 96.3 Å². The molecule has 0 aliphatic heterocycles. The molecule has 0 bridgehead atoms. The molecule has 0 rings (SSSR count). The summed E-state index contributed by atoms with van der Waals surface area (Å²) in [6, 6.07) is 0. The van der Waals surface area contributed by atoms with E-state index >= 15 is 0 Å². The molecule has 1 atom stereocenters. The van der Waals surface area contributed by atoms with Crippen molar-refractivity contribution in [2.45, 2.75) is 341 Å². The molecule has 6 nitrogen and oxygen atoms in total. The molecule has 70 heavy (non-hydrogen) atoms. The van der Waals surface area contributed by atoms with Crippen molar-refractivity contribution < 1.29 is 28.6 Å². The second-order valence-electron chi connectivity index (χ2n) is 21.0. The first kappa shape index (κ1) is 67.6. The second-order valence-corrected chi connectivity index (χ2v) is 21.0. The van der Waals surface area contributed by atoms with Gasteiger partial charge in [-0.3, -0.25) is 14.4 Å². The Labute approximate surface area is 435 Å². The smallest absolute Gasteiger partial charge is 0.306 e. The average Bonchev–Trinajstić information content (AvgIpc) is 3.36. The van der Waals surface area contributed by atoms with Crippen molar-refractivity contribution in [3.8, 4) is 0 Å². The minimum atomic E-state index is -0.777. The van der Waals surface area contributed by atoms with Crippen LogP contribution in [0.5, 0.6) is 0 Å². The van der Waals surface area contributed by atoms with Crippen LogP contribution < -0.4 is 0 Å². The highest BCUT2D eigenvalue weighted by atomic mass is 16.6. The van der Waals surface area contributed by atoms with Crippen molar-refractivity contribution in [2.24, 2.45) is 0 Å². The van der Waals surface area contributed by atoms with E-state index in [-0.39, 0.29) is 31.1 Å². The van der Waals surface area contributed by atoms with E-state index in [1.165, 1.54) is 199 Å². The molecule has 0 aromatic rings. The van der Waals surface area contributed by atoms with Crippen molar-refractivity contribution in [3.63, 3.8) is 0 Å². The zero-order chi connectivity index (χ0) is 50.7. The molecule has 0 aromatic heterocycles. The normalized spacial score (nSPS) is 12.2. The minimum absolute atomic E-state index is 0.0746. The summed E-state index contributed by atoms with van der Waals surface area (Å²) in [4.78, 5) is 38.1. The summed E-state index contributed by atoms with van der Waals surface area (Å²) in [6.45, 7) is 6.55. The highest BCUT2D eigenvalue weighted by Gasteiger charge is 2.19. The molecule has 410 valence electrons. The number of esters is 3. The quantitative estimate of drug-likeness (QED) is 0.0261. The fraction of sp³-hybridized carbons (Fsp3) is 0.859. The summed E-state index contributed by atoms with van der Waals surface area (Å²) < 4.78 is 16.9. The molecule has 0 fully saturated rings. The summed E-state index contributed by atoms with van der Waals surface area (Å²) in [5.74, 6) is -0.874. The number of rotatable bonds is 57. The summed E-state index contributed by atoms with van der Waals surface area (Å²) in [5, 5.41) is 0. The standard InChI is InChI=1S/C64H118O6/c1-4-7-10-13-16-19-22-24-26-27-28-29-30-31-32-33-34-35-36-37-39-40-42-45-48-51-54-57-63(66)69-60-61(59-68-62(65)56-53-50-47-44-21-18-15-12-9-6-3)70-64(67)58-55-52-49-46-43-41-38-25-23-20-17-14-11-8-5-2/h8,11,17,20,25,38,61H,4-7,9-10,12-16,18-19,21-24,26-37,39-60H2,1-3H3/b11-8-,20-17-,38-25-. The Morgan fingerprint density at radius 1 is 0.300 bits per heavy atom. The molecule has 0 saturated heterocycles. The maximum Gasteiger partial charge on any atom is 0.306 e. The SMILES string of the molecule is CC/C=C\C/C=C\C/C=C\CCCCCCCC(=O)OC(COC(=O)CCCCCCCCCCCC)COC(=O)CCCCCCCCCCCCCCCCCCCCCCCCCCCCC. The van der Waals surface area contributed by atoms with Gasteiger partial charge in [0.2, 0.25) is 0 Å². The van der Waals surface area contributed by atoms with Gasteiger partial charge in [0.1, 0.15) is 13.2 Å². The van der Waals surface area contributed by atoms with Crippen LogP contribution in [-0.2, 0) is 28.6 Å². The van der Waals surface area contributed by atoms with Crippen LogP contribution in [0.1, 0.15) is 335 Å². The molecule has 1 unspecified atom stereocenters. The summed E-state index contributed by atoms with van der Waals surface area (Å²) in [5.41, 5.74) is 0. The van der Waals surface area contributed by atoms with Crippen molar-refractivity contribution >= 4 is 17.9 Å². The van der Waals surface area contributed by atoms with Gasteiger partial charge in [0, 0.05) is 19.3 Å². The number of hydrogen-bond acceptors (Lipinski definition) is 6. The molecular formula is C64H118O6. The summed E-state index contributed by atoms with van der Waals surface area (Å²) in [7, 11) is 0. The number of unbranched alkanes of at least 4 members (excludes halogenated alkanes) is 40. The second kappa shape index (κ2) is 59.2. The molecule has 0 N–H and O–H groups in total. The number of ether oxygens (including phenoxy) is 3. The molecule has 0 radical (unpaired) electrons. The topological polar surface area (TPSA) is 78.9 Å². The van der Waals surface area contributed by atoms with Gasteiger partial charge in [0.25, 0.3) is 0 Å². The van der Waals surface area contributed by atoms with Crippen molar-refractivity contribution in [1.29, 1.82) is 0 Å². The minimum Gasteiger partial charge on any atom is -0.462 e. The first-order valence-corrected chi connectivity index (χ1v) is 31.0. The molecule has 0 spiro atoms. The van der Waals surface area contributed by atoms with Crippen LogP contribution in [0.3, 0.4) is 0 Å². The molecule has 6 heteroatoms. The Balaban J connectivity index is 4.13. The Morgan fingerprint density at radius 2 is 0.557 bits per heavy atom. The number of carbonyl (C=O) groups excluding carboxylic acids is 3. The van der Waals surface area contributed by atoms with E-state index in [2.05, 4.69) is 57.2 Å². The highest BCUT2D eigenvalue weighted by molar-refractivity contribution is 5.71. The van der Waals surface area contributed by atoms with Crippen LogP contribution in [0.15, 0.2) is 36.5 Å². The zero-order valence-corrected chi connectivity index (χ0v) is 47.1. The number of hydrogen-bond donors (Lipinski definition) is 0. The Bertz CT molecular complexity index is 1170. The number of carbonyl (C=O) groups is 3. The largest absolute Gasteiger partial charge is 0.462 e. The van der Waals surface area contributed by atoms with Crippen LogP contribution in [0.25, 0.3) is 0 Å². The van der Waals surface area contributed by atoms with Gasteiger partial charge < -0.3 is 14.2 Å². The first-order valence-electron chi connectivity index (χ1n) is 31.0. The molecule has 0 aliphatic rings. The molecule has 0 saturated carbocycles. The lowest BCUT2D eigenvalue weighted by Gasteiger charge is -2.18. The zero-order valence-electron chi connectivity index (χ0n) is 47.1. The van der Waals surface area contributed by atoms with E-state index in [1.54, 1.807) is 0 Å². The van der Waals surface area contributed by atoms with Gasteiger partial charge in [-0.05, 0) is 51.4 Å². The van der Waals surface area contributed by atoms with E-state index in [1.807, 2.05) is 0 Å². The van der Waals surface area contributed by atoms with Gasteiger partial charge in [0.05, 0.1) is 0 Å². The van der Waals surface area contributed by atoms with Gasteiger partial charge in [-0.1, -0.05) is 301 Å². The summed E-state index contributed by atoms with van der Waals surface area (Å²) in [6.07, 6.45) is 71.7. The molecular weight excluding hydrogens is 865 g/mol. The van der Waals surface area contributed by atoms with Crippen molar-refractivity contribution in [3.05, 3.63) is 36.5 Å². The van der Waals surface area contributed by atoms with Gasteiger partial charge in [0.15, 0.2) is 6.10 Å². The van der Waals surface area contributed by atoms with Gasteiger partial charge in [-0.15, -0.1) is 0 Å². The third-order valence-electron chi connectivity index (χ3n) is 13.9. The van der Waals surface area contributed by atoms with Gasteiger partial charge in [-0.25, -0.2) is 0 Å². The average molecular weight is 984 g/mol. The summed E-state index contributed by atoms with van der Waals surface area (Å²) >= 11 is 0. The fourth-order valence-corrected chi connectivity index (χ4v) is 9.28. The van der Waals surface area contributed by atoms with Crippen LogP contribution in [0.2, 0.25) is 0 Å². The Kier molecular flexibility index (Phi) is 57.2. The van der Waals surface area contributed by atoms with Crippen LogP contribution in [0, 0.1) is 0 Å². The molecule has 0 aliphatic carbocycles. The van der Waals surface area contributed by atoms with Gasteiger partial charge in [-0.2, -0.15) is 0 Å². The lowest BCUT2D eigenvalue weighted by molar-refractivity contribution is -0.167. The van der Waals surface area contributed by atoms with Crippen molar-refractivity contribution in [1.82, 2.24) is 0 Å². The van der Waals surface area contributed by atoms with E-state index in [0.29, 0.717) is 19.3 Å². The number of allylic oxidation sites excluding steroid dienone is 6. The Morgan fingerprint density at radius 3 is 0.871 bits per heavy atom. The molecule has 0 heterocycles. The maximum atomic E-state index is 12.8. The van der Waals surface area contributed by atoms with E-state index < -0.39 is 6.10 Å². The third kappa shape index (κ3) is 56.5. The third-order valence-corrected chi connectivity index (χ3v) is 13.9. The lowest BCUT2D eigenvalue weighted by Crippen LogP contribution is -2.30.